The number of aromatic nitrogens is 2. The Kier molecular flexibility index (Phi) is 9.42. The van der Waals surface area contributed by atoms with Crippen molar-refractivity contribution in [2.45, 2.75) is 46.2 Å². The third-order valence-electron chi connectivity index (χ3n) is 4.31. The molecule has 0 aliphatic rings. The molecule has 0 amide bonds. The molecule has 0 saturated carbocycles. The Morgan fingerprint density at radius 1 is 1.16 bits per heavy atom. The number of hydrogen-bond acceptors (Lipinski definition) is 5. The van der Waals surface area contributed by atoms with Gasteiger partial charge in [-0.25, -0.2) is 19.4 Å². The molecule has 9 heteroatoms. The first-order valence-corrected chi connectivity index (χ1v) is 10.2. The topological polar surface area (TPSA) is 84.6 Å². The molecule has 2 heterocycles. The molecule has 0 unspecified atom stereocenters. The van der Waals surface area contributed by atoms with Gasteiger partial charge < -0.3 is 19.8 Å². The van der Waals surface area contributed by atoms with Gasteiger partial charge in [0.05, 0.1) is 19.3 Å². The van der Waals surface area contributed by atoms with Crippen molar-refractivity contribution >= 4 is 29.9 Å². The largest absolute Gasteiger partial charge is 0.443 e. The lowest BCUT2D eigenvalue weighted by Gasteiger charge is -2.13. The molecular weight excluding hydrogens is 524 g/mol. The average Bonchev–Trinajstić information content (AvgIpc) is 3.21. The summed E-state index contributed by atoms with van der Waals surface area (Å²) in [5.74, 6) is 2.43. The molecule has 7 nitrogen and oxygen atoms in total. The molecule has 0 aliphatic carbocycles. The van der Waals surface area contributed by atoms with Crippen LogP contribution in [0.1, 0.15) is 44.9 Å². The Labute approximate surface area is 204 Å². The van der Waals surface area contributed by atoms with Crippen LogP contribution in [0.2, 0.25) is 0 Å². The van der Waals surface area contributed by atoms with Crippen LogP contribution in [-0.2, 0) is 18.5 Å². The van der Waals surface area contributed by atoms with Gasteiger partial charge in [-0.15, -0.1) is 24.0 Å². The summed E-state index contributed by atoms with van der Waals surface area (Å²) in [7, 11) is 0. The molecule has 0 bridgehead atoms. The Morgan fingerprint density at radius 2 is 1.97 bits per heavy atom. The lowest BCUT2D eigenvalue weighted by atomic mass is 9.94. The fourth-order valence-corrected chi connectivity index (χ4v) is 2.68. The Balaban J connectivity index is 0.00000363. The predicted molar refractivity (Wildman–Crippen MR) is 133 cm³/mol. The van der Waals surface area contributed by atoms with Crippen LogP contribution >= 0.6 is 24.0 Å². The molecule has 3 aromatic rings. The molecule has 0 spiro atoms. The minimum Gasteiger partial charge on any atom is -0.443 e. The van der Waals surface area contributed by atoms with Gasteiger partial charge in [0.25, 0.3) is 0 Å². The van der Waals surface area contributed by atoms with Crippen LogP contribution in [-0.4, -0.2) is 22.5 Å². The highest BCUT2D eigenvalue weighted by atomic mass is 127. The number of nitrogens with zero attached hydrogens (tertiary/aromatic N) is 3. The third kappa shape index (κ3) is 7.47. The number of guanidine groups is 1. The van der Waals surface area contributed by atoms with Crippen LogP contribution in [0.15, 0.2) is 58.2 Å². The van der Waals surface area contributed by atoms with Gasteiger partial charge >= 0.3 is 0 Å². The van der Waals surface area contributed by atoms with E-state index < -0.39 is 0 Å². The van der Waals surface area contributed by atoms with Gasteiger partial charge in [-0.1, -0.05) is 32.9 Å². The van der Waals surface area contributed by atoms with Crippen molar-refractivity contribution in [2.24, 2.45) is 4.99 Å². The fraction of sp³-hybridized carbons (Fsp3) is 0.348. The first-order valence-electron chi connectivity index (χ1n) is 10.2. The zero-order chi connectivity index (χ0) is 22.3. The summed E-state index contributed by atoms with van der Waals surface area (Å²) < 4.78 is 25.0. The van der Waals surface area contributed by atoms with Crippen molar-refractivity contribution in [2.75, 3.05) is 6.54 Å². The summed E-state index contributed by atoms with van der Waals surface area (Å²) in [6.07, 6.45) is 3.38. The highest BCUT2D eigenvalue weighted by Crippen LogP contribution is 2.24. The van der Waals surface area contributed by atoms with Crippen molar-refractivity contribution in [3.05, 3.63) is 71.8 Å². The van der Waals surface area contributed by atoms with E-state index >= 15 is 0 Å². The number of halogens is 2. The number of hydrogen-bond donors (Lipinski definition) is 2. The standard InChI is InChI=1S/C23H28FN5O2.HI/c1-5-25-22(29-15-20-27-14-19(31-20)23(2,3)4)28-13-16-8-7-11-26-21(16)30-18-10-6-9-17(24)12-18;/h6-12,14H,5,13,15H2,1-4H3,(H2,25,28,29);1H. The minimum absolute atomic E-state index is 0. The zero-order valence-electron chi connectivity index (χ0n) is 18.7. The number of ether oxygens (including phenoxy) is 1. The van der Waals surface area contributed by atoms with E-state index in [1.165, 1.54) is 12.1 Å². The second-order valence-corrected chi connectivity index (χ2v) is 7.94. The number of benzene rings is 1. The zero-order valence-corrected chi connectivity index (χ0v) is 21.0. The summed E-state index contributed by atoms with van der Waals surface area (Å²) >= 11 is 0. The van der Waals surface area contributed by atoms with E-state index in [4.69, 9.17) is 9.15 Å². The maximum absolute atomic E-state index is 13.4. The number of rotatable bonds is 7. The number of aliphatic imine (C=N–C) groups is 1. The molecule has 0 saturated heterocycles. The maximum atomic E-state index is 13.4. The van der Waals surface area contributed by atoms with Gasteiger partial charge in [0, 0.05) is 29.8 Å². The number of nitrogens with one attached hydrogen (secondary N) is 2. The van der Waals surface area contributed by atoms with Gasteiger partial charge in [-0.3, -0.25) is 0 Å². The van der Waals surface area contributed by atoms with Crippen molar-refractivity contribution in [1.82, 2.24) is 20.6 Å². The number of pyridine rings is 1. The van der Waals surface area contributed by atoms with Crippen molar-refractivity contribution in [3.63, 3.8) is 0 Å². The highest BCUT2D eigenvalue weighted by Gasteiger charge is 2.19. The second-order valence-electron chi connectivity index (χ2n) is 7.94. The molecule has 0 fully saturated rings. The second kappa shape index (κ2) is 11.8. The molecule has 32 heavy (non-hydrogen) atoms. The van der Waals surface area contributed by atoms with E-state index in [0.29, 0.717) is 43.1 Å². The Morgan fingerprint density at radius 3 is 2.66 bits per heavy atom. The molecule has 3 rings (SSSR count). The normalized spacial score (nSPS) is 11.6. The van der Waals surface area contributed by atoms with E-state index in [9.17, 15) is 4.39 Å². The lowest BCUT2D eigenvalue weighted by molar-refractivity contribution is 0.379. The lowest BCUT2D eigenvalue weighted by Crippen LogP contribution is -2.36. The molecule has 0 aliphatic heterocycles. The van der Waals surface area contributed by atoms with Gasteiger partial charge in [-0.05, 0) is 25.1 Å². The Hall–Kier alpha value is -2.69. The monoisotopic (exact) mass is 553 g/mol. The fourth-order valence-electron chi connectivity index (χ4n) is 2.68. The van der Waals surface area contributed by atoms with Crippen molar-refractivity contribution in [3.8, 4) is 11.6 Å². The van der Waals surface area contributed by atoms with Crippen LogP contribution < -0.4 is 15.4 Å². The molecule has 1 aromatic carbocycles. The third-order valence-corrected chi connectivity index (χ3v) is 4.31. The van der Waals surface area contributed by atoms with E-state index in [1.54, 1.807) is 24.5 Å². The first kappa shape index (κ1) is 25.6. The molecule has 2 aromatic heterocycles. The summed E-state index contributed by atoms with van der Waals surface area (Å²) in [6, 6.07) is 9.63. The molecule has 0 atom stereocenters. The van der Waals surface area contributed by atoms with E-state index in [-0.39, 0.29) is 35.2 Å². The van der Waals surface area contributed by atoms with Gasteiger partial charge in [0.2, 0.25) is 11.8 Å². The van der Waals surface area contributed by atoms with Gasteiger partial charge in [0.1, 0.15) is 17.3 Å². The van der Waals surface area contributed by atoms with Crippen LogP contribution in [0.3, 0.4) is 0 Å². The summed E-state index contributed by atoms with van der Waals surface area (Å²) in [5.41, 5.74) is 0.678. The maximum Gasteiger partial charge on any atom is 0.224 e. The number of oxazole rings is 1. The van der Waals surface area contributed by atoms with Crippen LogP contribution in [0.5, 0.6) is 11.6 Å². The molecular formula is C23H29FIN5O2. The van der Waals surface area contributed by atoms with Gasteiger partial charge in [0.15, 0.2) is 5.96 Å². The smallest absolute Gasteiger partial charge is 0.224 e. The molecule has 0 radical (unpaired) electrons. The van der Waals surface area contributed by atoms with E-state index in [2.05, 4.69) is 46.4 Å². The van der Waals surface area contributed by atoms with Crippen molar-refractivity contribution in [1.29, 1.82) is 0 Å². The van der Waals surface area contributed by atoms with Crippen LogP contribution in [0.4, 0.5) is 4.39 Å². The van der Waals surface area contributed by atoms with Gasteiger partial charge in [-0.2, -0.15) is 0 Å². The summed E-state index contributed by atoms with van der Waals surface area (Å²) in [5, 5.41) is 6.42. The molecule has 2 N–H and O–H groups in total. The summed E-state index contributed by atoms with van der Waals surface area (Å²) in [4.78, 5) is 13.2. The first-order chi connectivity index (χ1) is 14.8. The SMILES string of the molecule is CCNC(=NCc1cccnc1Oc1cccc(F)c1)NCc1ncc(C(C)(C)C)o1.I. The van der Waals surface area contributed by atoms with E-state index in [0.717, 1.165) is 11.3 Å². The molecule has 172 valence electrons. The summed E-state index contributed by atoms with van der Waals surface area (Å²) in [6.45, 7) is 9.65. The Bertz CT molecular complexity index is 1030. The predicted octanol–water partition coefficient (Wildman–Crippen LogP) is 5.17. The van der Waals surface area contributed by atoms with Crippen molar-refractivity contribution < 1.29 is 13.5 Å². The van der Waals surface area contributed by atoms with E-state index in [1.807, 2.05) is 19.1 Å². The average molecular weight is 553 g/mol. The van der Waals surface area contributed by atoms with Crippen LogP contribution in [0.25, 0.3) is 0 Å². The van der Waals surface area contributed by atoms with Crippen LogP contribution in [0, 0.1) is 5.82 Å². The minimum atomic E-state index is -0.368. The highest BCUT2D eigenvalue weighted by molar-refractivity contribution is 14.0. The quantitative estimate of drug-likeness (QED) is 0.239.